The normalized spacial score (nSPS) is 15.6. The summed E-state index contributed by atoms with van der Waals surface area (Å²) in [5.41, 5.74) is 5.41. The van der Waals surface area contributed by atoms with Gasteiger partial charge in [-0.05, 0) is 6.07 Å². The molecule has 1 amide bonds. The number of rotatable bonds is 5. The topological polar surface area (TPSA) is 75.4 Å². The van der Waals surface area contributed by atoms with Gasteiger partial charge >= 0.3 is 0 Å². The van der Waals surface area contributed by atoms with Crippen LogP contribution < -0.4 is 10.6 Å². The van der Waals surface area contributed by atoms with E-state index in [4.69, 9.17) is 5.73 Å². The molecule has 2 heterocycles. The van der Waals surface area contributed by atoms with Gasteiger partial charge in [0, 0.05) is 50.9 Å². The Hall–Kier alpha value is -1.34. The monoisotopic (exact) mass is 281 g/mol. The maximum absolute atomic E-state index is 11.9. The van der Waals surface area contributed by atoms with Crippen LogP contribution in [0.1, 0.15) is 0 Å². The lowest BCUT2D eigenvalue weighted by Crippen LogP contribution is -2.49. The van der Waals surface area contributed by atoms with Crippen LogP contribution in [0.2, 0.25) is 0 Å². The highest BCUT2D eigenvalue weighted by Crippen LogP contribution is 2.11. The predicted molar refractivity (Wildman–Crippen MR) is 77.2 cm³/mol. The second kappa shape index (κ2) is 7.30. The number of nitrogens with zero attached hydrogens (tertiary/aromatic N) is 4. The van der Waals surface area contributed by atoms with Gasteiger partial charge in [-0.2, -0.15) is 11.8 Å². The van der Waals surface area contributed by atoms with Crippen molar-refractivity contribution in [2.24, 2.45) is 5.73 Å². The van der Waals surface area contributed by atoms with Gasteiger partial charge in [0.15, 0.2) is 0 Å². The van der Waals surface area contributed by atoms with Crippen LogP contribution >= 0.6 is 11.8 Å². The first-order valence-electron chi connectivity index (χ1n) is 6.39. The Morgan fingerprint density at radius 2 is 1.95 bits per heavy atom. The Morgan fingerprint density at radius 3 is 2.58 bits per heavy atom. The number of amides is 1. The summed E-state index contributed by atoms with van der Waals surface area (Å²) < 4.78 is 0. The van der Waals surface area contributed by atoms with E-state index in [0.717, 1.165) is 37.9 Å². The van der Waals surface area contributed by atoms with Crippen molar-refractivity contribution in [2.75, 3.05) is 49.1 Å². The SMILES string of the molecule is NCCSCC(=O)N1CCN(c2ncccn2)CC1. The Bertz CT molecular complexity index is 394. The molecule has 1 aliphatic heterocycles. The van der Waals surface area contributed by atoms with Gasteiger partial charge < -0.3 is 15.5 Å². The molecule has 0 aromatic carbocycles. The van der Waals surface area contributed by atoms with E-state index < -0.39 is 0 Å². The van der Waals surface area contributed by atoms with Crippen LogP contribution in [0.3, 0.4) is 0 Å². The smallest absolute Gasteiger partial charge is 0.232 e. The van der Waals surface area contributed by atoms with E-state index in [1.54, 1.807) is 30.2 Å². The van der Waals surface area contributed by atoms with Crippen molar-refractivity contribution >= 4 is 23.6 Å². The average molecular weight is 281 g/mol. The number of aromatic nitrogens is 2. The van der Waals surface area contributed by atoms with Crippen LogP contribution in [0.4, 0.5) is 5.95 Å². The molecule has 0 radical (unpaired) electrons. The molecule has 1 aliphatic rings. The number of anilines is 1. The van der Waals surface area contributed by atoms with E-state index in [1.807, 2.05) is 4.90 Å². The molecule has 1 aromatic heterocycles. The van der Waals surface area contributed by atoms with Gasteiger partial charge in [-0.1, -0.05) is 0 Å². The Kier molecular flexibility index (Phi) is 5.41. The molecule has 1 saturated heterocycles. The highest BCUT2D eigenvalue weighted by Gasteiger charge is 2.21. The summed E-state index contributed by atoms with van der Waals surface area (Å²) in [5, 5.41) is 0. The minimum Gasteiger partial charge on any atom is -0.338 e. The highest BCUT2D eigenvalue weighted by atomic mass is 32.2. The van der Waals surface area contributed by atoms with E-state index in [1.165, 1.54) is 0 Å². The molecule has 2 rings (SSSR count). The second-order valence-electron chi connectivity index (χ2n) is 4.26. The summed E-state index contributed by atoms with van der Waals surface area (Å²) in [6.07, 6.45) is 3.48. The quantitative estimate of drug-likeness (QED) is 0.755. The summed E-state index contributed by atoms with van der Waals surface area (Å²) in [4.78, 5) is 24.4. The summed E-state index contributed by atoms with van der Waals surface area (Å²) >= 11 is 1.60. The fourth-order valence-electron chi connectivity index (χ4n) is 1.94. The van der Waals surface area contributed by atoms with Crippen molar-refractivity contribution in [3.8, 4) is 0 Å². The number of hydrogen-bond donors (Lipinski definition) is 1. The molecule has 0 unspecified atom stereocenters. The lowest BCUT2D eigenvalue weighted by molar-refractivity contribution is -0.128. The first-order valence-corrected chi connectivity index (χ1v) is 7.54. The van der Waals surface area contributed by atoms with Gasteiger partial charge in [0.1, 0.15) is 0 Å². The second-order valence-corrected chi connectivity index (χ2v) is 5.36. The summed E-state index contributed by atoms with van der Waals surface area (Å²) in [6.45, 7) is 3.67. The number of carbonyl (C=O) groups is 1. The van der Waals surface area contributed by atoms with Crippen LogP contribution in [0.25, 0.3) is 0 Å². The summed E-state index contributed by atoms with van der Waals surface area (Å²) in [6, 6.07) is 1.80. The lowest BCUT2D eigenvalue weighted by atomic mass is 10.3. The van der Waals surface area contributed by atoms with Gasteiger partial charge in [-0.3, -0.25) is 4.79 Å². The Balaban J connectivity index is 1.77. The molecule has 19 heavy (non-hydrogen) atoms. The predicted octanol–water partition coefficient (Wildman–Crippen LogP) is -0.183. The Morgan fingerprint density at radius 1 is 1.26 bits per heavy atom. The summed E-state index contributed by atoms with van der Waals surface area (Å²) in [7, 11) is 0. The molecule has 0 aliphatic carbocycles. The molecular weight excluding hydrogens is 262 g/mol. The maximum atomic E-state index is 11.9. The molecule has 1 aromatic rings. The molecule has 0 atom stereocenters. The number of nitrogens with two attached hydrogens (primary N) is 1. The number of carbonyl (C=O) groups excluding carboxylic acids is 1. The number of thioether (sulfide) groups is 1. The third-order valence-electron chi connectivity index (χ3n) is 2.96. The number of piperazine rings is 1. The minimum atomic E-state index is 0.201. The van der Waals surface area contributed by atoms with Crippen molar-refractivity contribution in [1.82, 2.24) is 14.9 Å². The van der Waals surface area contributed by atoms with E-state index in [0.29, 0.717) is 12.3 Å². The van der Waals surface area contributed by atoms with Gasteiger partial charge in [-0.15, -0.1) is 0 Å². The molecule has 1 fully saturated rings. The number of hydrogen-bond acceptors (Lipinski definition) is 6. The van der Waals surface area contributed by atoms with Crippen LogP contribution in [-0.2, 0) is 4.79 Å². The molecule has 104 valence electrons. The fraction of sp³-hybridized carbons (Fsp3) is 0.583. The molecule has 0 saturated carbocycles. The fourth-order valence-corrected chi connectivity index (χ4v) is 2.61. The minimum absolute atomic E-state index is 0.201. The standard InChI is InChI=1S/C12H19N5OS/c13-2-9-19-10-11(18)16-5-7-17(8-6-16)12-14-3-1-4-15-12/h1,3-4H,2,5-10,13H2. The molecule has 0 bridgehead atoms. The van der Waals surface area contributed by atoms with Crippen LogP contribution in [0.15, 0.2) is 18.5 Å². The van der Waals surface area contributed by atoms with Gasteiger partial charge in [-0.25, -0.2) is 9.97 Å². The molecule has 2 N–H and O–H groups in total. The lowest BCUT2D eigenvalue weighted by Gasteiger charge is -2.34. The highest BCUT2D eigenvalue weighted by molar-refractivity contribution is 7.99. The van der Waals surface area contributed by atoms with Crippen LogP contribution in [0, 0.1) is 0 Å². The van der Waals surface area contributed by atoms with Crippen molar-refractivity contribution in [3.63, 3.8) is 0 Å². The van der Waals surface area contributed by atoms with E-state index in [-0.39, 0.29) is 5.91 Å². The van der Waals surface area contributed by atoms with Crippen LogP contribution in [0.5, 0.6) is 0 Å². The van der Waals surface area contributed by atoms with Gasteiger partial charge in [0.05, 0.1) is 5.75 Å². The first-order chi connectivity index (χ1) is 9.31. The molecular formula is C12H19N5OS. The zero-order chi connectivity index (χ0) is 13.5. The molecule has 0 spiro atoms. The van der Waals surface area contributed by atoms with E-state index in [9.17, 15) is 4.79 Å². The van der Waals surface area contributed by atoms with E-state index >= 15 is 0 Å². The van der Waals surface area contributed by atoms with Crippen molar-refractivity contribution in [3.05, 3.63) is 18.5 Å². The third-order valence-corrected chi connectivity index (χ3v) is 3.93. The first kappa shape index (κ1) is 14.1. The van der Waals surface area contributed by atoms with Gasteiger partial charge in [0.25, 0.3) is 0 Å². The largest absolute Gasteiger partial charge is 0.338 e. The van der Waals surface area contributed by atoms with Crippen LogP contribution in [-0.4, -0.2) is 65.0 Å². The van der Waals surface area contributed by atoms with Crippen molar-refractivity contribution in [1.29, 1.82) is 0 Å². The maximum Gasteiger partial charge on any atom is 0.232 e. The molecule has 6 nitrogen and oxygen atoms in total. The third kappa shape index (κ3) is 4.07. The summed E-state index contributed by atoms with van der Waals surface area (Å²) in [5.74, 6) is 2.31. The molecule has 7 heteroatoms. The Labute approximate surface area is 117 Å². The zero-order valence-electron chi connectivity index (χ0n) is 10.9. The zero-order valence-corrected chi connectivity index (χ0v) is 11.7. The van der Waals surface area contributed by atoms with Crippen molar-refractivity contribution in [2.45, 2.75) is 0 Å². The van der Waals surface area contributed by atoms with E-state index in [2.05, 4.69) is 14.9 Å². The van der Waals surface area contributed by atoms with Gasteiger partial charge in [0.2, 0.25) is 11.9 Å². The van der Waals surface area contributed by atoms with Crippen molar-refractivity contribution < 1.29 is 4.79 Å². The average Bonchev–Trinajstić information content (AvgIpc) is 2.48.